The Hall–Kier alpha value is -2.96. The van der Waals surface area contributed by atoms with E-state index in [2.05, 4.69) is 5.32 Å². The Balaban J connectivity index is 1.67. The van der Waals surface area contributed by atoms with Crippen molar-refractivity contribution in [2.24, 2.45) is 0 Å². The SMILES string of the molecule is O=C(/C=C/Nc1cccc(C(F)(F)F)c1)c1ccc2c(c1)OCO2. The quantitative estimate of drug-likeness (QED) is 0.670. The molecule has 3 rings (SSSR count). The monoisotopic (exact) mass is 335 g/mol. The molecule has 0 saturated heterocycles. The maximum atomic E-state index is 12.6. The van der Waals surface area contributed by atoms with Crippen molar-refractivity contribution in [3.63, 3.8) is 0 Å². The molecule has 0 unspecified atom stereocenters. The highest BCUT2D eigenvalue weighted by atomic mass is 19.4. The molecule has 0 radical (unpaired) electrons. The van der Waals surface area contributed by atoms with Gasteiger partial charge < -0.3 is 14.8 Å². The van der Waals surface area contributed by atoms with Gasteiger partial charge in [0.05, 0.1) is 5.56 Å². The number of allylic oxidation sites excluding steroid dienone is 1. The molecule has 7 heteroatoms. The van der Waals surface area contributed by atoms with Crippen molar-refractivity contribution in [1.29, 1.82) is 0 Å². The molecular weight excluding hydrogens is 323 g/mol. The van der Waals surface area contributed by atoms with Crippen molar-refractivity contribution in [1.82, 2.24) is 0 Å². The van der Waals surface area contributed by atoms with Crippen LogP contribution in [0.2, 0.25) is 0 Å². The second-order valence-corrected chi connectivity index (χ2v) is 4.99. The lowest BCUT2D eigenvalue weighted by atomic mass is 10.1. The number of halogens is 3. The van der Waals surface area contributed by atoms with E-state index in [4.69, 9.17) is 9.47 Å². The summed E-state index contributed by atoms with van der Waals surface area (Å²) in [5, 5.41) is 2.65. The van der Waals surface area contributed by atoms with Crippen molar-refractivity contribution in [3.8, 4) is 11.5 Å². The fourth-order valence-electron chi connectivity index (χ4n) is 2.14. The molecule has 0 bridgehead atoms. The number of carbonyl (C=O) groups is 1. The molecule has 124 valence electrons. The number of ether oxygens (including phenoxy) is 2. The van der Waals surface area contributed by atoms with Gasteiger partial charge in [-0.1, -0.05) is 6.07 Å². The maximum absolute atomic E-state index is 12.6. The number of rotatable bonds is 4. The van der Waals surface area contributed by atoms with E-state index in [0.29, 0.717) is 17.1 Å². The van der Waals surface area contributed by atoms with Crippen molar-refractivity contribution >= 4 is 11.5 Å². The third-order valence-corrected chi connectivity index (χ3v) is 3.33. The number of nitrogens with one attached hydrogen (secondary N) is 1. The van der Waals surface area contributed by atoms with Crippen molar-refractivity contribution in [3.05, 3.63) is 65.9 Å². The van der Waals surface area contributed by atoms with Gasteiger partial charge in [0.2, 0.25) is 6.79 Å². The van der Waals surface area contributed by atoms with Gasteiger partial charge in [-0.25, -0.2) is 0 Å². The Morgan fingerprint density at radius 2 is 1.88 bits per heavy atom. The van der Waals surface area contributed by atoms with Gasteiger partial charge in [0, 0.05) is 23.5 Å². The smallest absolute Gasteiger partial charge is 0.416 e. The first kappa shape index (κ1) is 15.9. The lowest BCUT2D eigenvalue weighted by Gasteiger charge is -2.08. The highest BCUT2D eigenvalue weighted by Gasteiger charge is 2.30. The van der Waals surface area contributed by atoms with Gasteiger partial charge in [-0.2, -0.15) is 13.2 Å². The zero-order valence-electron chi connectivity index (χ0n) is 12.3. The van der Waals surface area contributed by atoms with Crippen LogP contribution in [-0.2, 0) is 6.18 Å². The summed E-state index contributed by atoms with van der Waals surface area (Å²) in [5.74, 6) is 0.741. The number of hydrogen-bond acceptors (Lipinski definition) is 4. The summed E-state index contributed by atoms with van der Waals surface area (Å²) < 4.78 is 48.2. The Morgan fingerprint density at radius 1 is 1.08 bits per heavy atom. The molecule has 1 N–H and O–H groups in total. The van der Waals surface area contributed by atoms with E-state index in [9.17, 15) is 18.0 Å². The summed E-state index contributed by atoms with van der Waals surface area (Å²) in [7, 11) is 0. The molecule has 4 nitrogen and oxygen atoms in total. The average Bonchev–Trinajstić information content (AvgIpc) is 3.02. The van der Waals surface area contributed by atoms with Gasteiger partial charge >= 0.3 is 6.18 Å². The summed E-state index contributed by atoms with van der Waals surface area (Å²) >= 11 is 0. The lowest BCUT2D eigenvalue weighted by Crippen LogP contribution is -2.05. The fourth-order valence-corrected chi connectivity index (χ4v) is 2.14. The minimum atomic E-state index is -4.41. The zero-order valence-corrected chi connectivity index (χ0v) is 12.3. The third-order valence-electron chi connectivity index (χ3n) is 3.33. The highest BCUT2D eigenvalue weighted by molar-refractivity contribution is 6.05. The first-order chi connectivity index (χ1) is 11.4. The van der Waals surface area contributed by atoms with Gasteiger partial charge in [-0.15, -0.1) is 0 Å². The minimum Gasteiger partial charge on any atom is -0.454 e. The standard InChI is InChI=1S/C17H12F3NO3/c18-17(19,20)12-2-1-3-13(9-12)21-7-6-14(22)11-4-5-15-16(8-11)24-10-23-15/h1-9,21H,10H2/b7-6+. The van der Waals surface area contributed by atoms with E-state index in [1.807, 2.05) is 0 Å². The first-order valence-corrected chi connectivity index (χ1v) is 6.98. The molecule has 0 amide bonds. The van der Waals surface area contributed by atoms with Crippen molar-refractivity contribution in [2.75, 3.05) is 12.1 Å². The molecule has 0 saturated carbocycles. The number of anilines is 1. The van der Waals surface area contributed by atoms with Gasteiger partial charge in [0.15, 0.2) is 17.3 Å². The largest absolute Gasteiger partial charge is 0.454 e. The Bertz CT molecular complexity index is 800. The van der Waals surface area contributed by atoms with Crippen LogP contribution in [0.1, 0.15) is 15.9 Å². The number of benzene rings is 2. The van der Waals surface area contributed by atoms with Crippen molar-refractivity contribution in [2.45, 2.75) is 6.18 Å². The molecule has 0 atom stereocenters. The molecule has 2 aromatic rings. The first-order valence-electron chi connectivity index (χ1n) is 6.98. The molecule has 2 aromatic carbocycles. The number of fused-ring (bicyclic) bond motifs is 1. The van der Waals surface area contributed by atoms with Crippen LogP contribution in [-0.4, -0.2) is 12.6 Å². The molecule has 0 fully saturated rings. The van der Waals surface area contributed by atoms with Crippen LogP contribution in [0.4, 0.5) is 18.9 Å². The number of hydrogen-bond donors (Lipinski definition) is 1. The normalized spacial score (nSPS) is 13.3. The van der Waals surface area contributed by atoms with Gasteiger partial charge in [0.25, 0.3) is 0 Å². The van der Waals surface area contributed by atoms with Gasteiger partial charge in [-0.05, 0) is 36.4 Å². The van der Waals surface area contributed by atoms with Crippen LogP contribution in [0.5, 0.6) is 11.5 Å². The summed E-state index contributed by atoms with van der Waals surface area (Å²) in [5.41, 5.74) is -0.135. The Morgan fingerprint density at radius 3 is 2.67 bits per heavy atom. The molecule has 0 aromatic heterocycles. The predicted molar refractivity (Wildman–Crippen MR) is 81.1 cm³/mol. The van der Waals surface area contributed by atoms with E-state index in [-0.39, 0.29) is 18.3 Å². The summed E-state index contributed by atoms with van der Waals surface area (Å²) in [4.78, 5) is 12.1. The van der Waals surface area contributed by atoms with Crippen LogP contribution in [0.25, 0.3) is 0 Å². The van der Waals surface area contributed by atoms with Crippen molar-refractivity contribution < 1.29 is 27.4 Å². The van der Waals surface area contributed by atoms with E-state index in [1.165, 1.54) is 24.4 Å². The second kappa shape index (κ2) is 6.27. The summed E-state index contributed by atoms with van der Waals surface area (Å²) in [6, 6.07) is 9.48. The van der Waals surface area contributed by atoms with Crippen LogP contribution in [0.15, 0.2) is 54.7 Å². The van der Waals surface area contributed by atoms with E-state index >= 15 is 0 Å². The summed E-state index contributed by atoms with van der Waals surface area (Å²) in [6.45, 7) is 0.111. The molecule has 0 aliphatic carbocycles. The average molecular weight is 335 g/mol. The van der Waals surface area contributed by atoms with Crippen LogP contribution < -0.4 is 14.8 Å². The molecule has 0 spiro atoms. The molecule has 1 heterocycles. The zero-order chi connectivity index (χ0) is 17.2. The van der Waals surface area contributed by atoms with E-state index in [1.54, 1.807) is 18.2 Å². The molecular formula is C17H12F3NO3. The maximum Gasteiger partial charge on any atom is 0.416 e. The summed E-state index contributed by atoms with van der Waals surface area (Å²) in [6.07, 6.45) is -1.89. The van der Waals surface area contributed by atoms with E-state index in [0.717, 1.165) is 12.1 Å². The Kier molecular flexibility index (Phi) is 4.16. The molecule has 1 aliphatic rings. The van der Waals surface area contributed by atoms with Crippen LogP contribution in [0, 0.1) is 0 Å². The van der Waals surface area contributed by atoms with E-state index < -0.39 is 11.7 Å². The molecule has 1 aliphatic heterocycles. The minimum absolute atomic E-state index is 0.111. The third kappa shape index (κ3) is 3.51. The Labute approximate surface area is 135 Å². The van der Waals surface area contributed by atoms with Crippen LogP contribution in [0.3, 0.4) is 0 Å². The lowest BCUT2D eigenvalue weighted by molar-refractivity contribution is -0.137. The number of alkyl halides is 3. The number of ketones is 1. The second-order valence-electron chi connectivity index (χ2n) is 4.99. The highest BCUT2D eigenvalue weighted by Crippen LogP contribution is 2.33. The van der Waals surface area contributed by atoms with Gasteiger partial charge in [-0.3, -0.25) is 4.79 Å². The van der Waals surface area contributed by atoms with Gasteiger partial charge in [0.1, 0.15) is 0 Å². The number of carbonyl (C=O) groups excluding carboxylic acids is 1. The topological polar surface area (TPSA) is 47.6 Å². The van der Waals surface area contributed by atoms with Crippen LogP contribution >= 0.6 is 0 Å². The predicted octanol–water partition coefficient (Wildman–Crippen LogP) is 4.24. The molecule has 24 heavy (non-hydrogen) atoms. The fraction of sp³-hybridized carbons (Fsp3) is 0.118.